The van der Waals surface area contributed by atoms with Crippen LogP contribution < -0.4 is 11.1 Å². The molecule has 2 rings (SSSR count). The summed E-state index contributed by atoms with van der Waals surface area (Å²) in [4.78, 5) is 12.0. The second kappa shape index (κ2) is 6.00. The van der Waals surface area contributed by atoms with E-state index in [4.69, 9.17) is 5.73 Å². The highest BCUT2D eigenvalue weighted by molar-refractivity contribution is 7.99. The normalized spacial score (nSPS) is 10.6. The van der Waals surface area contributed by atoms with E-state index in [1.54, 1.807) is 11.8 Å². The molecule has 20 heavy (non-hydrogen) atoms. The van der Waals surface area contributed by atoms with Crippen molar-refractivity contribution >= 4 is 29.0 Å². The summed E-state index contributed by atoms with van der Waals surface area (Å²) in [6.07, 6.45) is 0. The first-order valence-corrected chi connectivity index (χ1v) is 7.21. The maximum absolute atomic E-state index is 11.0. The van der Waals surface area contributed by atoms with Gasteiger partial charge in [0.05, 0.1) is 11.4 Å². The first-order chi connectivity index (χ1) is 9.51. The number of nitrogens with one attached hydrogen (secondary N) is 1. The summed E-state index contributed by atoms with van der Waals surface area (Å²) in [5, 5.41) is 8.09. The van der Waals surface area contributed by atoms with Gasteiger partial charge >= 0.3 is 0 Å². The Hall–Kier alpha value is -1.95. The number of aromatic nitrogens is 2. The van der Waals surface area contributed by atoms with E-state index < -0.39 is 0 Å². The number of amides is 1. The van der Waals surface area contributed by atoms with Gasteiger partial charge in [-0.3, -0.25) is 9.48 Å². The van der Waals surface area contributed by atoms with Gasteiger partial charge in [0.1, 0.15) is 5.03 Å². The van der Waals surface area contributed by atoms with Crippen molar-refractivity contribution in [2.75, 3.05) is 11.1 Å². The smallest absolute Gasteiger partial charge is 0.221 e. The third kappa shape index (κ3) is 3.14. The third-order valence-electron chi connectivity index (χ3n) is 2.81. The lowest BCUT2D eigenvalue weighted by Gasteiger charge is -2.07. The molecule has 1 aromatic heterocycles. The Labute approximate surface area is 122 Å². The molecule has 0 radical (unpaired) electrons. The third-order valence-corrected chi connectivity index (χ3v) is 3.95. The zero-order valence-electron chi connectivity index (χ0n) is 11.8. The highest BCUT2D eigenvalue weighted by Gasteiger charge is 2.12. The summed E-state index contributed by atoms with van der Waals surface area (Å²) < 4.78 is 1.90. The maximum atomic E-state index is 11.0. The Morgan fingerprint density at radius 3 is 2.60 bits per heavy atom. The van der Waals surface area contributed by atoms with E-state index in [0.717, 1.165) is 33.5 Å². The highest BCUT2D eigenvalue weighted by Crippen LogP contribution is 2.34. The van der Waals surface area contributed by atoms with Crippen LogP contribution >= 0.6 is 11.8 Å². The lowest BCUT2D eigenvalue weighted by Crippen LogP contribution is -2.05. The van der Waals surface area contributed by atoms with Crippen molar-refractivity contribution in [3.8, 4) is 0 Å². The van der Waals surface area contributed by atoms with E-state index in [1.165, 1.54) is 6.92 Å². The minimum absolute atomic E-state index is 0.0747. The van der Waals surface area contributed by atoms with Gasteiger partial charge in [-0.15, -0.1) is 0 Å². The molecule has 0 saturated carbocycles. The number of rotatable bonds is 4. The van der Waals surface area contributed by atoms with Crippen molar-refractivity contribution in [3.05, 3.63) is 30.0 Å². The molecule has 0 atom stereocenters. The van der Waals surface area contributed by atoms with Gasteiger partial charge in [0.2, 0.25) is 5.91 Å². The van der Waals surface area contributed by atoms with Crippen molar-refractivity contribution in [1.82, 2.24) is 9.78 Å². The number of benzene rings is 1. The summed E-state index contributed by atoms with van der Waals surface area (Å²) >= 11 is 1.58. The first kappa shape index (κ1) is 14.5. The molecule has 0 aliphatic heterocycles. The Morgan fingerprint density at radius 2 is 2.05 bits per heavy atom. The summed E-state index contributed by atoms with van der Waals surface area (Å²) in [6, 6.07) is 7.66. The topological polar surface area (TPSA) is 72.9 Å². The number of nitrogen functional groups attached to an aromatic ring is 1. The van der Waals surface area contributed by atoms with E-state index in [0.29, 0.717) is 0 Å². The molecule has 0 aliphatic rings. The van der Waals surface area contributed by atoms with Crippen LogP contribution in [0.5, 0.6) is 0 Å². The van der Waals surface area contributed by atoms with Crippen LogP contribution in [0.4, 0.5) is 11.4 Å². The van der Waals surface area contributed by atoms with Gasteiger partial charge in [-0.2, -0.15) is 5.10 Å². The molecule has 2 aromatic rings. The molecule has 1 heterocycles. The average Bonchev–Trinajstić information content (AvgIpc) is 2.68. The van der Waals surface area contributed by atoms with E-state index in [2.05, 4.69) is 10.4 Å². The predicted octanol–water partition coefficient (Wildman–Crippen LogP) is 2.90. The number of carbonyl (C=O) groups is 1. The van der Waals surface area contributed by atoms with Gasteiger partial charge in [-0.25, -0.2) is 0 Å². The Morgan fingerprint density at radius 1 is 1.40 bits per heavy atom. The van der Waals surface area contributed by atoms with Gasteiger partial charge in [-0.1, -0.05) is 11.8 Å². The minimum atomic E-state index is -0.0747. The van der Waals surface area contributed by atoms with Crippen molar-refractivity contribution in [2.24, 2.45) is 0 Å². The molecule has 0 bridgehead atoms. The standard InChI is InChI=1S/C14H18N4OS/c1-4-18-14(13(15)9(2)17-18)20-12-7-5-11(6-8-12)16-10(3)19/h5-8H,4,15H2,1-3H3,(H,16,19). The molecule has 3 N–H and O–H groups in total. The van der Waals surface area contributed by atoms with Crippen LogP contribution in [0, 0.1) is 6.92 Å². The van der Waals surface area contributed by atoms with Gasteiger partial charge < -0.3 is 11.1 Å². The summed E-state index contributed by atoms with van der Waals surface area (Å²) in [7, 11) is 0. The van der Waals surface area contributed by atoms with Gasteiger partial charge in [0.25, 0.3) is 0 Å². The second-order valence-electron chi connectivity index (χ2n) is 4.43. The predicted molar refractivity (Wildman–Crippen MR) is 81.9 cm³/mol. The summed E-state index contributed by atoms with van der Waals surface area (Å²) in [6.45, 7) is 6.22. The number of anilines is 2. The lowest BCUT2D eigenvalue weighted by molar-refractivity contribution is -0.114. The number of nitrogens with zero attached hydrogens (tertiary/aromatic N) is 2. The highest BCUT2D eigenvalue weighted by atomic mass is 32.2. The Kier molecular flexibility index (Phi) is 4.34. The van der Waals surface area contributed by atoms with Crippen LogP contribution in [-0.4, -0.2) is 15.7 Å². The number of nitrogens with two attached hydrogens (primary N) is 1. The van der Waals surface area contributed by atoms with Crippen molar-refractivity contribution in [3.63, 3.8) is 0 Å². The molecule has 0 spiro atoms. The summed E-state index contributed by atoms with van der Waals surface area (Å²) in [5.74, 6) is -0.0747. The molecule has 0 fully saturated rings. The fourth-order valence-electron chi connectivity index (χ4n) is 1.82. The molecule has 1 aromatic carbocycles. The molecule has 6 heteroatoms. The van der Waals surface area contributed by atoms with Gasteiger partial charge in [0.15, 0.2) is 0 Å². The van der Waals surface area contributed by atoms with Crippen molar-refractivity contribution in [2.45, 2.75) is 37.2 Å². The monoisotopic (exact) mass is 290 g/mol. The number of aryl methyl sites for hydroxylation is 2. The molecule has 1 amide bonds. The average molecular weight is 290 g/mol. The maximum Gasteiger partial charge on any atom is 0.221 e. The van der Waals surface area contributed by atoms with Crippen LogP contribution in [0.15, 0.2) is 34.2 Å². The van der Waals surface area contributed by atoms with Crippen LogP contribution in [0.25, 0.3) is 0 Å². The zero-order chi connectivity index (χ0) is 14.7. The molecular formula is C14H18N4OS. The minimum Gasteiger partial charge on any atom is -0.395 e. The van der Waals surface area contributed by atoms with E-state index in [9.17, 15) is 4.79 Å². The second-order valence-corrected chi connectivity index (χ2v) is 5.49. The molecule has 5 nitrogen and oxygen atoms in total. The fourth-order valence-corrected chi connectivity index (χ4v) is 2.85. The Balaban J connectivity index is 2.20. The van der Waals surface area contributed by atoms with Crippen molar-refractivity contribution < 1.29 is 4.79 Å². The quantitative estimate of drug-likeness (QED) is 0.908. The number of hydrogen-bond donors (Lipinski definition) is 2. The zero-order valence-corrected chi connectivity index (χ0v) is 12.6. The summed E-state index contributed by atoms with van der Waals surface area (Å²) in [5.41, 5.74) is 8.42. The largest absolute Gasteiger partial charge is 0.395 e. The van der Waals surface area contributed by atoms with Crippen LogP contribution in [0.2, 0.25) is 0 Å². The van der Waals surface area contributed by atoms with Crippen molar-refractivity contribution in [1.29, 1.82) is 0 Å². The van der Waals surface area contributed by atoms with Crippen LogP contribution in [0.3, 0.4) is 0 Å². The molecule has 106 valence electrons. The number of hydrogen-bond acceptors (Lipinski definition) is 4. The first-order valence-electron chi connectivity index (χ1n) is 6.39. The SMILES string of the molecule is CCn1nc(C)c(N)c1Sc1ccc(NC(C)=O)cc1. The fraction of sp³-hybridized carbons (Fsp3) is 0.286. The lowest BCUT2D eigenvalue weighted by atomic mass is 10.3. The molecular weight excluding hydrogens is 272 g/mol. The van der Waals surface area contributed by atoms with Crippen LogP contribution in [0.1, 0.15) is 19.5 Å². The van der Waals surface area contributed by atoms with Gasteiger partial charge in [-0.05, 0) is 38.1 Å². The number of carbonyl (C=O) groups excluding carboxylic acids is 1. The van der Waals surface area contributed by atoms with E-state index >= 15 is 0 Å². The van der Waals surface area contributed by atoms with Crippen LogP contribution in [-0.2, 0) is 11.3 Å². The Bertz CT molecular complexity index is 619. The van der Waals surface area contributed by atoms with E-state index in [-0.39, 0.29) is 5.91 Å². The van der Waals surface area contributed by atoms with E-state index in [1.807, 2.05) is 42.8 Å². The molecule has 0 unspecified atom stereocenters. The van der Waals surface area contributed by atoms with Gasteiger partial charge in [0, 0.05) is 24.1 Å². The molecule has 0 saturated heterocycles. The molecule has 0 aliphatic carbocycles.